The van der Waals surface area contributed by atoms with E-state index >= 15 is 0 Å². The van der Waals surface area contributed by atoms with Crippen LogP contribution in [0.5, 0.6) is 0 Å². The van der Waals surface area contributed by atoms with E-state index in [0.717, 1.165) is 30.5 Å². The van der Waals surface area contributed by atoms with Crippen molar-refractivity contribution < 1.29 is 9.53 Å². The highest BCUT2D eigenvalue weighted by atomic mass is 16.5. The number of carbonyl (C=O) groups excluding carboxylic acids is 1. The normalized spacial score (nSPS) is 10.5. The van der Waals surface area contributed by atoms with Gasteiger partial charge in [0.25, 0.3) is 0 Å². The number of H-pyrrole nitrogens is 1. The number of aryl methyl sites for hydroxylation is 1. The Balaban J connectivity index is 3.10. The SMILES string of the molecule is CCCc1c(C(=O)OCC)[nH]c(CC)c1C. The molecule has 1 aromatic heterocycles. The van der Waals surface area contributed by atoms with Crippen LogP contribution in [0.2, 0.25) is 0 Å². The third-order valence-corrected chi connectivity index (χ3v) is 2.82. The van der Waals surface area contributed by atoms with Gasteiger partial charge in [-0.2, -0.15) is 0 Å². The first kappa shape index (κ1) is 12.8. The first-order valence-electron chi connectivity index (χ1n) is 6.03. The molecule has 16 heavy (non-hydrogen) atoms. The number of aromatic nitrogens is 1. The third kappa shape index (κ3) is 2.46. The fourth-order valence-corrected chi connectivity index (χ4v) is 1.98. The van der Waals surface area contributed by atoms with Crippen LogP contribution in [-0.4, -0.2) is 17.6 Å². The zero-order valence-corrected chi connectivity index (χ0v) is 10.6. The molecule has 0 atom stereocenters. The monoisotopic (exact) mass is 223 g/mol. The molecular formula is C13H21NO2. The lowest BCUT2D eigenvalue weighted by Gasteiger charge is -2.03. The summed E-state index contributed by atoms with van der Waals surface area (Å²) < 4.78 is 5.06. The summed E-state index contributed by atoms with van der Waals surface area (Å²) in [4.78, 5) is 15.0. The van der Waals surface area contributed by atoms with E-state index in [1.165, 1.54) is 5.56 Å². The maximum Gasteiger partial charge on any atom is 0.355 e. The predicted octanol–water partition coefficient (Wildman–Crippen LogP) is 3.01. The topological polar surface area (TPSA) is 42.1 Å². The van der Waals surface area contributed by atoms with Gasteiger partial charge < -0.3 is 9.72 Å². The molecule has 0 fully saturated rings. The van der Waals surface area contributed by atoms with Crippen LogP contribution in [0.15, 0.2) is 0 Å². The fourth-order valence-electron chi connectivity index (χ4n) is 1.98. The number of rotatable bonds is 5. The Morgan fingerprint density at radius 1 is 1.31 bits per heavy atom. The molecule has 0 aliphatic carbocycles. The molecule has 1 heterocycles. The van der Waals surface area contributed by atoms with Gasteiger partial charge in [0.1, 0.15) is 5.69 Å². The molecule has 1 rings (SSSR count). The second kappa shape index (κ2) is 5.73. The molecule has 3 heteroatoms. The van der Waals surface area contributed by atoms with Crippen LogP contribution >= 0.6 is 0 Å². The Bertz CT molecular complexity index is 366. The summed E-state index contributed by atoms with van der Waals surface area (Å²) in [6.07, 6.45) is 2.88. The molecule has 0 aliphatic rings. The van der Waals surface area contributed by atoms with E-state index in [4.69, 9.17) is 4.74 Å². The Labute approximate surface area is 97.2 Å². The zero-order valence-electron chi connectivity index (χ0n) is 10.6. The van der Waals surface area contributed by atoms with Crippen molar-refractivity contribution in [1.82, 2.24) is 4.98 Å². The zero-order chi connectivity index (χ0) is 12.1. The number of carbonyl (C=O) groups is 1. The highest BCUT2D eigenvalue weighted by molar-refractivity contribution is 5.90. The van der Waals surface area contributed by atoms with Gasteiger partial charge in [-0.25, -0.2) is 4.79 Å². The van der Waals surface area contributed by atoms with Crippen molar-refractivity contribution in [3.05, 3.63) is 22.5 Å². The van der Waals surface area contributed by atoms with E-state index in [1.807, 2.05) is 6.92 Å². The molecule has 90 valence electrons. The van der Waals surface area contributed by atoms with Crippen molar-refractivity contribution in [3.63, 3.8) is 0 Å². The van der Waals surface area contributed by atoms with Crippen LogP contribution in [0.3, 0.4) is 0 Å². The van der Waals surface area contributed by atoms with Gasteiger partial charge in [-0.05, 0) is 37.8 Å². The van der Waals surface area contributed by atoms with E-state index < -0.39 is 0 Å². The highest BCUT2D eigenvalue weighted by Crippen LogP contribution is 2.21. The van der Waals surface area contributed by atoms with E-state index in [-0.39, 0.29) is 5.97 Å². The predicted molar refractivity (Wildman–Crippen MR) is 64.9 cm³/mol. The van der Waals surface area contributed by atoms with Crippen LogP contribution in [-0.2, 0) is 17.6 Å². The Kier molecular flexibility index (Phi) is 4.59. The molecule has 0 bridgehead atoms. The highest BCUT2D eigenvalue weighted by Gasteiger charge is 2.18. The Hall–Kier alpha value is -1.25. The van der Waals surface area contributed by atoms with E-state index in [9.17, 15) is 4.79 Å². The number of hydrogen-bond acceptors (Lipinski definition) is 2. The number of aromatic amines is 1. The van der Waals surface area contributed by atoms with Gasteiger partial charge in [0.15, 0.2) is 0 Å². The van der Waals surface area contributed by atoms with Gasteiger partial charge in [0, 0.05) is 5.69 Å². The van der Waals surface area contributed by atoms with Gasteiger partial charge in [0.05, 0.1) is 6.61 Å². The van der Waals surface area contributed by atoms with Crippen molar-refractivity contribution >= 4 is 5.97 Å². The van der Waals surface area contributed by atoms with Crippen molar-refractivity contribution in [2.24, 2.45) is 0 Å². The third-order valence-electron chi connectivity index (χ3n) is 2.82. The average molecular weight is 223 g/mol. The van der Waals surface area contributed by atoms with Gasteiger partial charge in [-0.3, -0.25) is 0 Å². The molecule has 0 unspecified atom stereocenters. The van der Waals surface area contributed by atoms with Gasteiger partial charge in [-0.1, -0.05) is 20.3 Å². The molecule has 0 amide bonds. The minimum absolute atomic E-state index is 0.228. The van der Waals surface area contributed by atoms with E-state index in [2.05, 4.69) is 25.8 Å². The minimum Gasteiger partial charge on any atom is -0.461 e. The minimum atomic E-state index is -0.228. The lowest BCUT2D eigenvalue weighted by Crippen LogP contribution is -2.08. The summed E-state index contributed by atoms with van der Waals surface area (Å²) in [5.41, 5.74) is 4.13. The summed E-state index contributed by atoms with van der Waals surface area (Å²) >= 11 is 0. The largest absolute Gasteiger partial charge is 0.461 e. The quantitative estimate of drug-likeness (QED) is 0.780. The second-order valence-corrected chi connectivity index (χ2v) is 3.91. The lowest BCUT2D eigenvalue weighted by molar-refractivity contribution is 0.0518. The number of nitrogens with one attached hydrogen (secondary N) is 1. The summed E-state index contributed by atoms with van der Waals surface area (Å²) in [5.74, 6) is -0.228. The van der Waals surface area contributed by atoms with Crippen molar-refractivity contribution in [1.29, 1.82) is 0 Å². The van der Waals surface area contributed by atoms with Crippen LogP contribution in [0.1, 0.15) is 54.5 Å². The second-order valence-electron chi connectivity index (χ2n) is 3.91. The average Bonchev–Trinajstić information content (AvgIpc) is 2.57. The smallest absolute Gasteiger partial charge is 0.355 e. The molecule has 0 aromatic carbocycles. The van der Waals surface area contributed by atoms with Gasteiger partial charge in [0.2, 0.25) is 0 Å². The molecule has 1 N–H and O–H groups in total. The summed E-state index contributed by atoms with van der Waals surface area (Å²) in [6, 6.07) is 0. The Morgan fingerprint density at radius 3 is 2.50 bits per heavy atom. The van der Waals surface area contributed by atoms with Gasteiger partial charge in [-0.15, -0.1) is 0 Å². The lowest BCUT2D eigenvalue weighted by atomic mass is 10.0. The van der Waals surface area contributed by atoms with Crippen LogP contribution in [0, 0.1) is 6.92 Å². The fraction of sp³-hybridized carbons (Fsp3) is 0.615. The van der Waals surface area contributed by atoms with Crippen molar-refractivity contribution in [2.45, 2.75) is 47.0 Å². The molecule has 0 saturated heterocycles. The van der Waals surface area contributed by atoms with Crippen LogP contribution in [0.25, 0.3) is 0 Å². The van der Waals surface area contributed by atoms with Crippen molar-refractivity contribution in [2.75, 3.05) is 6.61 Å². The number of hydrogen-bond donors (Lipinski definition) is 1. The van der Waals surface area contributed by atoms with E-state index in [0.29, 0.717) is 12.3 Å². The summed E-state index contributed by atoms with van der Waals surface area (Å²) in [6.45, 7) is 8.53. The molecule has 3 nitrogen and oxygen atoms in total. The van der Waals surface area contributed by atoms with Crippen LogP contribution < -0.4 is 0 Å². The first-order chi connectivity index (χ1) is 7.65. The first-order valence-corrected chi connectivity index (χ1v) is 6.03. The molecule has 0 aliphatic heterocycles. The van der Waals surface area contributed by atoms with Crippen molar-refractivity contribution in [3.8, 4) is 0 Å². The molecule has 1 aromatic rings. The standard InChI is InChI=1S/C13H21NO2/c1-5-8-10-9(4)11(6-2)14-12(10)13(15)16-7-3/h14H,5-8H2,1-4H3. The molecule has 0 radical (unpaired) electrons. The maximum atomic E-state index is 11.8. The molecule has 0 spiro atoms. The molecule has 0 saturated carbocycles. The Morgan fingerprint density at radius 2 is 2.00 bits per heavy atom. The van der Waals surface area contributed by atoms with Gasteiger partial charge >= 0.3 is 5.97 Å². The summed E-state index contributed by atoms with van der Waals surface area (Å²) in [7, 11) is 0. The summed E-state index contributed by atoms with van der Waals surface area (Å²) in [5, 5.41) is 0. The maximum absolute atomic E-state index is 11.8. The number of ether oxygens (including phenoxy) is 1. The van der Waals surface area contributed by atoms with E-state index in [1.54, 1.807) is 0 Å². The molecular weight excluding hydrogens is 202 g/mol. The van der Waals surface area contributed by atoms with Crippen LogP contribution in [0.4, 0.5) is 0 Å². The number of esters is 1.